The van der Waals surface area contributed by atoms with Crippen molar-refractivity contribution >= 4 is 17.9 Å². The standard InChI is InChI=1S/C77H138O6/c1-4-7-10-13-16-19-22-25-27-29-31-33-35-37-38-40-41-43-45-47-49-52-55-58-61-64-67-70-76(79)82-73-74(72-81-75(78)69-66-63-60-57-54-51-24-21-18-15-12-9-6-3)83-77(80)71-68-65-62-59-56-53-50-48-46-44-42-39-36-34-32-30-28-26-23-20-17-14-11-8-5-2/h7,10,16,19,23,25-27,30-33,74H,4-6,8-9,11-15,17-18,20-22,24,28-29,34-73H2,1-3H3/b10-7-,19-16-,26-23-,27-25-,32-30-,33-31-. The molecule has 0 aromatic heterocycles. The Kier molecular flexibility index (Phi) is 68.6. The third kappa shape index (κ3) is 69.5. The van der Waals surface area contributed by atoms with Gasteiger partial charge in [-0.1, -0.05) is 344 Å². The van der Waals surface area contributed by atoms with Gasteiger partial charge in [-0.15, -0.1) is 0 Å². The fourth-order valence-corrected chi connectivity index (χ4v) is 10.8. The molecule has 0 heterocycles. The van der Waals surface area contributed by atoms with E-state index in [1.54, 1.807) is 0 Å². The topological polar surface area (TPSA) is 78.9 Å². The van der Waals surface area contributed by atoms with Crippen molar-refractivity contribution in [2.45, 2.75) is 386 Å². The van der Waals surface area contributed by atoms with Gasteiger partial charge in [-0.05, 0) is 89.9 Å². The first-order chi connectivity index (χ1) is 41.0. The molecule has 0 radical (unpaired) electrons. The Hall–Kier alpha value is -3.15. The van der Waals surface area contributed by atoms with Crippen molar-refractivity contribution in [2.75, 3.05) is 13.2 Å². The number of esters is 3. The van der Waals surface area contributed by atoms with Crippen LogP contribution < -0.4 is 0 Å². The van der Waals surface area contributed by atoms with Crippen LogP contribution in [0.3, 0.4) is 0 Å². The number of rotatable bonds is 67. The van der Waals surface area contributed by atoms with Gasteiger partial charge in [0, 0.05) is 19.3 Å². The van der Waals surface area contributed by atoms with Gasteiger partial charge in [-0.2, -0.15) is 0 Å². The zero-order valence-electron chi connectivity index (χ0n) is 55.5. The minimum Gasteiger partial charge on any atom is -0.462 e. The largest absolute Gasteiger partial charge is 0.462 e. The normalized spacial score (nSPS) is 12.5. The zero-order chi connectivity index (χ0) is 59.9. The average Bonchev–Trinajstić information content (AvgIpc) is 3.49. The SMILES string of the molecule is CC/C=C\C/C=C\C/C=C\C/C=C\CCCCCCCCCCCCCCCCC(=O)OCC(COC(=O)CCCCCCCCCCCCCCC)OC(=O)CCCCCCCCCCCCCCC/C=C\C/C=C\CCCCCCC. The van der Waals surface area contributed by atoms with Crippen LogP contribution in [-0.2, 0) is 28.6 Å². The Balaban J connectivity index is 4.24. The van der Waals surface area contributed by atoms with E-state index in [9.17, 15) is 14.4 Å². The third-order valence-corrected chi connectivity index (χ3v) is 16.2. The lowest BCUT2D eigenvalue weighted by atomic mass is 10.0. The molecular weight excluding hydrogens is 1020 g/mol. The summed E-state index contributed by atoms with van der Waals surface area (Å²) in [4.78, 5) is 38.5. The lowest BCUT2D eigenvalue weighted by Crippen LogP contribution is -2.30. The Morgan fingerprint density at radius 3 is 0.735 bits per heavy atom. The minimum atomic E-state index is -0.775. The van der Waals surface area contributed by atoms with Crippen molar-refractivity contribution in [3.05, 3.63) is 72.9 Å². The average molecular weight is 1160 g/mol. The molecule has 0 N–H and O–H groups in total. The maximum Gasteiger partial charge on any atom is 0.306 e. The van der Waals surface area contributed by atoms with Crippen LogP contribution in [-0.4, -0.2) is 37.2 Å². The van der Waals surface area contributed by atoms with Gasteiger partial charge in [0.05, 0.1) is 0 Å². The van der Waals surface area contributed by atoms with E-state index in [4.69, 9.17) is 14.2 Å². The zero-order valence-corrected chi connectivity index (χ0v) is 55.5. The van der Waals surface area contributed by atoms with Gasteiger partial charge in [0.2, 0.25) is 0 Å². The van der Waals surface area contributed by atoms with Crippen LogP contribution in [0.2, 0.25) is 0 Å². The molecule has 1 atom stereocenters. The highest BCUT2D eigenvalue weighted by Crippen LogP contribution is 2.18. The molecule has 0 rings (SSSR count). The summed E-state index contributed by atoms with van der Waals surface area (Å²) in [5.41, 5.74) is 0. The second kappa shape index (κ2) is 71.3. The quantitative estimate of drug-likeness (QED) is 0.0261. The predicted octanol–water partition coefficient (Wildman–Crippen LogP) is 25.2. The molecule has 0 saturated heterocycles. The van der Waals surface area contributed by atoms with Crippen LogP contribution in [0, 0.1) is 0 Å². The third-order valence-electron chi connectivity index (χ3n) is 16.2. The maximum absolute atomic E-state index is 13.0. The highest BCUT2D eigenvalue weighted by atomic mass is 16.6. The molecule has 0 aromatic carbocycles. The summed E-state index contributed by atoms with van der Waals surface area (Å²) < 4.78 is 17.0. The van der Waals surface area contributed by atoms with E-state index in [1.165, 1.54) is 250 Å². The van der Waals surface area contributed by atoms with Crippen molar-refractivity contribution in [3.8, 4) is 0 Å². The van der Waals surface area contributed by atoms with E-state index in [1.807, 2.05) is 0 Å². The molecule has 482 valence electrons. The van der Waals surface area contributed by atoms with Crippen molar-refractivity contribution in [2.24, 2.45) is 0 Å². The number of carbonyl (C=O) groups excluding carboxylic acids is 3. The summed E-state index contributed by atoms with van der Waals surface area (Å²) in [7, 11) is 0. The molecule has 6 heteroatoms. The van der Waals surface area contributed by atoms with E-state index in [0.29, 0.717) is 19.3 Å². The van der Waals surface area contributed by atoms with Crippen LogP contribution >= 0.6 is 0 Å². The fourth-order valence-electron chi connectivity index (χ4n) is 10.8. The molecule has 0 aliphatic rings. The first-order valence-electron chi connectivity index (χ1n) is 36.4. The Morgan fingerprint density at radius 1 is 0.253 bits per heavy atom. The number of ether oxygens (including phenoxy) is 3. The maximum atomic E-state index is 13.0. The summed E-state index contributed by atoms with van der Waals surface area (Å²) in [5, 5.41) is 0. The molecule has 6 nitrogen and oxygen atoms in total. The molecule has 0 spiro atoms. The summed E-state index contributed by atoms with van der Waals surface area (Å²) >= 11 is 0. The Morgan fingerprint density at radius 2 is 0.470 bits per heavy atom. The molecule has 0 amide bonds. The predicted molar refractivity (Wildman–Crippen MR) is 362 cm³/mol. The molecule has 0 saturated carbocycles. The second-order valence-electron chi connectivity index (χ2n) is 24.5. The summed E-state index contributed by atoms with van der Waals surface area (Å²) in [6, 6.07) is 0. The van der Waals surface area contributed by atoms with Gasteiger partial charge in [0.1, 0.15) is 13.2 Å². The van der Waals surface area contributed by atoms with E-state index in [2.05, 4.69) is 93.7 Å². The fraction of sp³-hybridized carbons (Fsp3) is 0.805. The van der Waals surface area contributed by atoms with Crippen molar-refractivity contribution in [3.63, 3.8) is 0 Å². The van der Waals surface area contributed by atoms with Crippen LogP contribution in [0.4, 0.5) is 0 Å². The molecule has 83 heavy (non-hydrogen) atoms. The Labute approximate surface area is 516 Å². The van der Waals surface area contributed by atoms with Gasteiger partial charge in [-0.25, -0.2) is 0 Å². The smallest absolute Gasteiger partial charge is 0.306 e. The number of unbranched alkanes of at least 4 members (excludes halogenated alkanes) is 44. The minimum absolute atomic E-state index is 0.0701. The number of carbonyl (C=O) groups is 3. The number of allylic oxidation sites excluding steroid dienone is 12. The van der Waals surface area contributed by atoms with E-state index < -0.39 is 6.10 Å². The van der Waals surface area contributed by atoms with Gasteiger partial charge in [0.25, 0.3) is 0 Å². The molecule has 0 aliphatic carbocycles. The lowest BCUT2D eigenvalue weighted by molar-refractivity contribution is -0.167. The molecule has 0 bridgehead atoms. The lowest BCUT2D eigenvalue weighted by Gasteiger charge is -2.18. The highest BCUT2D eigenvalue weighted by Gasteiger charge is 2.19. The van der Waals surface area contributed by atoms with Crippen LogP contribution in [0.5, 0.6) is 0 Å². The second-order valence-corrected chi connectivity index (χ2v) is 24.5. The highest BCUT2D eigenvalue weighted by molar-refractivity contribution is 5.71. The molecular formula is C77H138O6. The summed E-state index contributed by atoms with van der Waals surface area (Å²) in [6.07, 6.45) is 93.6. The van der Waals surface area contributed by atoms with E-state index in [0.717, 1.165) is 89.9 Å². The molecule has 0 aliphatic heterocycles. The summed E-state index contributed by atoms with van der Waals surface area (Å²) in [5.74, 6) is -0.847. The van der Waals surface area contributed by atoms with Gasteiger partial charge < -0.3 is 14.2 Å². The van der Waals surface area contributed by atoms with Crippen molar-refractivity contribution < 1.29 is 28.6 Å². The molecule has 0 aromatic rings. The molecule has 0 fully saturated rings. The van der Waals surface area contributed by atoms with E-state index >= 15 is 0 Å². The Bertz CT molecular complexity index is 1520. The van der Waals surface area contributed by atoms with Gasteiger partial charge >= 0.3 is 17.9 Å². The first-order valence-corrected chi connectivity index (χ1v) is 36.4. The van der Waals surface area contributed by atoms with Crippen molar-refractivity contribution in [1.82, 2.24) is 0 Å². The monoisotopic (exact) mass is 1160 g/mol. The summed E-state index contributed by atoms with van der Waals surface area (Å²) in [6.45, 7) is 6.58. The number of hydrogen-bond donors (Lipinski definition) is 0. The van der Waals surface area contributed by atoms with Crippen LogP contribution in [0.1, 0.15) is 380 Å². The van der Waals surface area contributed by atoms with Crippen molar-refractivity contribution in [1.29, 1.82) is 0 Å². The van der Waals surface area contributed by atoms with Crippen LogP contribution in [0.25, 0.3) is 0 Å². The van der Waals surface area contributed by atoms with E-state index in [-0.39, 0.29) is 31.1 Å². The first kappa shape index (κ1) is 79.8. The molecule has 1 unspecified atom stereocenters. The van der Waals surface area contributed by atoms with Gasteiger partial charge in [-0.3, -0.25) is 14.4 Å². The van der Waals surface area contributed by atoms with Gasteiger partial charge in [0.15, 0.2) is 6.10 Å². The number of hydrogen-bond acceptors (Lipinski definition) is 6. The van der Waals surface area contributed by atoms with Crippen LogP contribution in [0.15, 0.2) is 72.9 Å².